The first kappa shape index (κ1) is 27.0. The molecule has 0 bridgehead atoms. The van der Waals surface area contributed by atoms with Crippen molar-refractivity contribution in [2.45, 2.75) is 37.9 Å². The third kappa shape index (κ3) is 6.11. The molecule has 2 aromatic carbocycles. The summed E-state index contributed by atoms with van der Waals surface area (Å²) in [5, 5.41) is 13.8. The Bertz CT molecular complexity index is 1120. The number of benzene rings is 2. The number of rotatable bonds is 8. The molecule has 4 rings (SSSR count). The predicted molar refractivity (Wildman–Crippen MR) is 144 cm³/mol. The molecule has 2 aliphatic rings. The fraction of sp³-hybridized carbons (Fsp3) is 0.429. The molecular formula is C28H37F3N6. The maximum absolute atomic E-state index is 14.0. The van der Waals surface area contributed by atoms with Crippen LogP contribution in [0, 0.1) is 0 Å². The van der Waals surface area contributed by atoms with Gasteiger partial charge in [-0.25, -0.2) is 0 Å². The average molecular weight is 515 g/mol. The Morgan fingerprint density at radius 3 is 2.57 bits per heavy atom. The highest BCUT2D eigenvalue weighted by Crippen LogP contribution is 2.37. The Morgan fingerprint density at radius 1 is 1.11 bits per heavy atom. The van der Waals surface area contributed by atoms with E-state index >= 15 is 0 Å². The number of para-hydroxylation sites is 1. The molecule has 1 fully saturated rings. The van der Waals surface area contributed by atoms with Crippen molar-refractivity contribution in [3.8, 4) is 0 Å². The van der Waals surface area contributed by atoms with Crippen molar-refractivity contribution in [3.05, 3.63) is 83.6 Å². The predicted octanol–water partition coefficient (Wildman–Crippen LogP) is 4.44. The van der Waals surface area contributed by atoms with Crippen molar-refractivity contribution >= 4 is 11.4 Å². The highest BCUT2D eigenvalue weighted by atomic mass is 19.4. The van der Waals surface area contributed by atoms with Crippen LogP contribution in [0.15, 0.2) is 66.9 Å². The maximum atomic E-state index is 14.0. The van der Waals surface area contributed by atoms with Gasteiger partial charge in [0.1, 0.15) is 12.3 Å². The minimum absolute atomic E-state index is 0.0130. The zero-order chi connectivity index (χ0) is 26.6. The lowest BCUT2D eigenvalue weighted by atomic mass is 9.99. The maximum Gasteiger partial charge on any atom is 0.416 e. The van der Waals surface area contributed by atoms with Gasteiger partial charge in [-0.05, 0) is 38.7 Å². The Labute approximate surface area is 217 Å². The van der Waals surface area contributed by atoms with Gasteiger partial charge in [0.05, 0.1) is 11.6 Å². The van der Waals surface area contributed by atoms with Crippen molar-refractivity contribution in [1.82, 2.24) is 25.8 Å². The summed E-state index contributed by atoms with van der Waals surface area (Å²) in [7, 11) is 3.87. The normalized spacial score (nSPS) is 23.2. The van der Waals surface area contributed by atoms with Gasteiger partial charge in [0.2, 0.25) is 0 Å². The summed E-state index contributed by atoms with van der Waals surface area (Å²) in [5.41, 5.74) is 3.04. The number of nitrogens with zero attached hydrogens (tertiary/aromatic N) is 2. The first-order valence-corrected chi connectivity index (χ1v) is 12.8. The largest absolute Gasteiger partial charge is 0.416 e. The van der Waals surface area contributed by atoms with Gasteiger partial charge in [0.15, 0.2) is 0 Å². The molecule has 4 N–H and O–H groups in total. The van der Waals surface area contributed by atoms with Crippen LogP contribution in [0.2, 0.25) is 0 Å². The zero-order valence-corrected chi connectivity index (χ0v) is 21.7. The lowest BCUT2D eigenvalue weighted by Gasteiger charge is -2.45. The molecule has 200 valence electrons. The summed E-state index contributed by atoms with van der Waals surface area (Å²) in [6.45, 7) is 9.68. The lowest BCUT2D eigenvalue weighted by molar-refractivity contribution is -0.139. The summed E-state index contributed by atoms with van der Waals surface area (Å²) in [4.78, 5) is 4.11. The molecule has 9 heteroatoms. The molecule has 0 spiro atoms. The van der Waals surface area contributed by atoms with Gasteiger partial charge >= 0.3 is 6.18 Å². The fourth-order valence-electron chi connectivity index (χ4n) is 4.97. The molecule has 0 aromatic heterocycles. The molecule has 2 aromatic rings. The van der Waals surface area contributed by atoms with Crippen LogP contribution in [0.5, 0.6) is 0 Å². The van der Waals surface area contributed by atoms with Crippen molar-refractivity contribution in [3.63, 3.8) is 0 Å². The Balaban J connectivity index is 1.69. The third-order valence-corrected chi connectivity index (χ3v) is 7.06. The number of alkyl halides is 3. The SMILES string of the molecule is C=C(NC1C=C(C2CNCCN2C)NC(c2ccccc2C(F)(F)F)N1C)c1ccccc1NCCC. The van der Waals surface area contributed by atoms with Crippen molar-refractivity contribution < 1.29 is 13.2 Å². The van der Waals surface area contributed by atoms with Crippen molar-refractivity contribution in [2.24, 2.45) is 0 Å². The second-order valence-corrected chi connectivity index (χ2v) is 9.66. The van der Waals surface area contributed by atoms with E-state index in [9.17, 15) is 13.2 Å². The van der Waals surface area contributed by atoms with Crippen molar-refractivity contribution in [1.29, 1.82) is 0 Å². The number of nitrogens with one attached hydrogen (secondary N) is 4. The Hall–Kier alpha value is -3.01. The van der Waals surface area contributed by atoms with Gasteiger partial charge in [-0.3, -0.25) is 9.80 Å². The summed E-state index contributed by atoms with van der Waals surface area (Å²) in [6.07, 6.45) is -2.48. The van der Waals surface area contributed by atoms with E-state index in [0.717, 1.165) is 49.1 Å². The lowest BCUT2D eigenvalue weighted by Crippen LogP contribution is -2.58. The van der Waals surface area contributed by atoms with Crippen LogP contribution in [-0.4, -0.2) is 62.3 Å². The third-order valence-electron chi connectivity index (χ3n) is 7.06. The molecule has 0 radical (unpaired) electrons. The van der Waals surface area contributed by atoms with Gasteiger partial charge in [-0.2, -0.15) is 13.2 Å². The molecule has 6 nitrogen and oxygen atoms in total. The van der Waals surface area contributed by atoms with E-state index in [2.05, 4.69) is 45.7 Å². The Morgan fingerprint density at radius 2 is 1.84 bits per heavy atom. The minimum Gasteiger partial charge on any atom is -0.385 e. The zero-order valence-electron chi connectivity index (χ0n) is 21.7. The summed E-state index contributed by atoms with van der Waals surface area (Å²) in [6, 6.07) is 13.7. The van der Waals surface area contributed by atoms with E-state index in [1.54, 1.807) is 12.1 Å². The monoisotopic (exact) mass is 514 g/mol. The fourth-order valence-corrected chi connectivity index (χ4v) is 4.97. The van der Waals surface area contributed by atoms with Gasteiger partial charge < -0.3 is 21.3 Å². The van der Waals surface area contributed by atoms with E-state index in [1.165, 1.54) is 6.07 Å². The first-order valence-electron chi connectivity index (χ1n) is 12.8. The van der Waals surface area contributed by atoms with Crippen molar-refractivity contribution in [2.75, 3.05) is 45.6 Å². The second kappa shape index (κ2) is 11.6. The van der Waals surface area contributed by atoms with Crippen LogP contribution in [0.4, 0.5) is 18.9 Å². The number of anilines is 1. The highest BCUT2D eigenvalue weighted by molar-refractivity contribution is 5.74. The van der Waals surface area contributed by atoms with Crippen LogP contribution >= 0.6 is 0 Å². The molecule has 3 unspecified atom stereocenters. The molecule has 0 saturated carbocycles. The van der Waals surface area contributed by atoms with Gasteiger partial charge in [0.25, 0.3) is 0 Å². The highest BCUT2D eigenvalue weighted by Gasteiger charge is 2.39. The van der Waals surface area contributed by atoms with E-state index in [1.807, 2.05) is 43.3 Å². The van der Waals surface area contributed by atoms with Crippen LogP contribution < -0.4 is 21.3 Å². The second-order valence-electron chi connectivity index (χ2n) is 9.66. The number of halogens is 3. The molecule has 3 atom stereocenters. The van der Waals surface area contributed by atoms with Crippen LogP contribution in [0.25, 0.3) is 5.70 Å². The molecule has 2 heterocycles. The number of hydrogen-bond donors (Lipinski definition) is 4. The summed E-state index contributed by atoms with van der Waals surface area (Å²) >= 11 is 0. The number of hydrogen-bond acceptors (Lipinski definition) is 6. The Kier molecular flexibility index (Phi) is 8.46. The average Bonchev–Trinajstić information content (AvgIpc) is 2.88. The van der Waals surface area contributed by atoms with Gasteiger partial charge in [-0.15, -0.1) is 0 Å². The van der Waals surface area contributed by atoms with Gasteiger partial charge in [0, 0.05) is 54.4 Å². The number of likely N-dealkylation sites (N-methyl/N-ethyl adjacent to an activating group) is 2. The van der Waals surface area contributed by atoms with E-state index in [4.69, 9.17) is 0 Å². The minimum atomic E-state index is -4.46. The first-order chi connectivity index (χ1) is 17.7. The van der Waals surface area contributed by atoms with E-state index < -0.39 is 17.9 Å². The molecule has 37 heavy (non-hydrogen) atoms. The molecular weight excluding hydrogens is 477 g/mol. The van der Waals surface area contributed by atoms with Crippen LogP contribution in [-0.2, 0) is 6.18 Å². The van der Waals surface area contributed by atoms with Gasteiger partial charge in [-0.1, -0.05) is 49.9 Å². The molecule has 0 aliphatic carbocycles. The standard InChI is InChI=1S/C28H37F3N6/c1-5-14-33-23-13-9-7-10-20(23)19(2)34-26-17-24(25-18-32-15-16-36(25)3)35-27(37(26)4)21-11-6-8-12-22(21)28(29,30)31/h6-13,17,25-27,32-35H,2,5,14-16,18H2,1,3-4H3. The summed E-state index contributed by atoms with van der Waals surface area (Å²) in [5.74, 6) is 0. The smallest absolute Gasteiger partial charge is 0.385 e. The summed E-state index contributed by atoms with van der Waals surface area (Å²) < 4.78 is 42.0. The molecule has 2 aliphatic heterocycles. The quantitative estimate of drug-likeness (QED) is 0.418. The van der Waals surface area contributed by atoms with E-state index in [-0.39, 0.29) is 17.8 Å². The van der Waals surface area contributed by atoms with Crippen LogP contribution in [0.1, 0.15) is 36.2 Å². The van der Waals surface area contributed by atoms with Crippen LogP contribution in [0.3, 0.4) is 0 Å². The topological polar surface area (TPSA) is 54.6 Å². The molecule has 0 amide bonds. The number of piperazine rings is 1. The molecule has 1 saturated heterocycles. The van der Waals surface area contributed by atoms with E-state index in [0.29, 0.717) is 12.2 Å².